The van der Waals surface area contributed by atoms with Gasteiger partial charge in [0.15, 0.2) is 0 Å². The summed E-state index contributed by atoms with van der Waals surface area (Å²) in [4.78, 5) is 4.58. The maximum absolute atomic E-state index is 11.1. The number of methoxy groups -OCH3 is 1. The van der Waals surface area contributed by atoms with Crippen LogP contribution >= 0.6 is 0 Å². The standard InChI is InChI=1S/C18H27NO2/c1-13-8-10-18(21-2,11-9-13)17(20)15-7-3-5-14-6-4-12-19-16(14)15/h4,6,12-13,15,17,20H,3,5,7-11H2,1-2H3. The highest BCUT2D eigenvalue weighted by Crippen LogP contribution is 2.44. The van der Waals surface area contributed by atoms with Gasteiger partial charge in [-0.3, -0.25) is 4.98 Å². The lowest BCUT2D eigenvalue weighted by Gasteiger charge is -2.45. The van der Waals surface area contributed by atoms with E-state index in [4.69, 9.17) is 4.74 Å². The lowest BCUT2D eigenvalue weighted by atomic mass is 9.70. The van der Waals surface area contributed by atoms with E-state index in [1.165, 1.54) is 5.56 Å². The van der Waals surface area contributed by atoms with Gasteiger partial charge in [0.25, 0.3) is 0 Å². The van der Waals surface area contributed by atoms with Gasteiger partial charge in [-0.25, -0.2) is 0 Å². The van der Waals surface area contributed by atoms with Gasteiger partial charge in [-0.15, -0.1) is 0 Å². The van der Waals surface area contributed by atoms with E-state index in [9.17, 15) is 5.11 Å². The molecule has 1 aromatic rings. The number of nitrogens with zero attached hydrogens (tertiary/aromatic N) is 1. The van der Waals surface area contributed by atoms with Crippen LogP contribution in [-0.2, 0) is 11.2 Å². The fourth-order valence-electron chi connectivity index (χ4n) is 4.19. The molecule has 1 fully saturated rings. The van der Waals surface area contributed by atoms with Gasteiger partial charge in [-0.1, -0.05) is 13.0 Å². The van der Waals surface area contributed by atoms with Gasteiger partial charge in [0, 0.05) is 24.9 Å². The van der Waals surface area contributed by atoms with Crippen LogP contribution in [0.25, 0.3) is 0 Å². The van der Waals surface area contributed by atoms with Gasteiger partial charge in [-0.2, -0.15) is 0 Å². The predicted molar refractivity (Wildman–Crippen MR) is 83.3 cm³/mol. The van der Waals surface area contributed by atoms with Crippen molar-refractivity contribution in [1.29, 1.82) is 0 Å². The molecule has 116 valence electrons. The van der Waals surface area contributed by atoms with Gasteiger partial charge in [0.05, 0.1) is 11.7 Å². The van der Waals surface area contributed by atoms with Gasteiger partial charge < -0.3 is 9.84 Å². The molecule has 0 saturated heterocycles. The maximum Gasteiger partial charge on any atom is 0.0943 e. The van der Waals surface area contributed by atoms with E-state index < -0.39 is 6.10 Å². The number of aliphatic hydroxyl groups excluding tert-OH is 1. The minimum atomic E-state index is -0.441. The number of aromatic nitrogens is 1. The summed E-state index contributed by atoms with van der Waals surface area (Å²) in [5.41, 5.74) is 2.04. The van der Waals surface area contributed by atoms with Crippen molar-refractivity contribution in [2.45, 2.75) is 69.5 Å². The third-order valence-corrected chi connectivity index (χ3v) is 5.69. The van der Waals surface area contributed by atoms with E-state index in [2.05, 4.69) is 18.0 Å². The average molecular weight is 289 g/mol. The van der Waals surface area contributed by atoms with E-state index in [0.717, 1.165) is 56.6 Å². The van der Waals surface area contributed by atoms with E-state index >= 15 is 0 Å². The summed E-state index contributed by atoms with van der Waals surface area (Å²) < 4.78 is 5.88. The van der Waals surface area contributed by atoms with Gasteiger partial charge in [0.2, 0.25) is 0 Å². The molecule has 2 atom stereocenters. The van der Waals surface area contributed by atoms with E-state index in [-0.39, 0.29) is 11.5 Å². The second-order valence-electron chi connectivity index (χ2n) is 6.94. The Morgan fingerprint density at radius 3 is 2.81 bits per heavy atom. The fraction of sp³-hybridized carbons (Fsp3) is 0.722. The zero-order valence-corrected chi connectivity index (χ0v) is 13.2. The Morgan fingerprint density at radius 1 is 1.33 bits per heavy atom. The van der Waals surface area contributed by atoms with Crippen molar-refractivity contribution in [2.24, 2.45) is 5.92 Å². The number of fused-ring (bicyclic) bond motifs is 1. The monoisotopic (exact) mass is 289 g/mol. The Labute approximate surface area is 127 Å². The molecule has 1 N–H and O–H groups in total. The molecule has 0 spiro atoms. The van der Waals surface area contributed by atoms with Crippen LogP contribution in [0.1, 0.15) is 62.6 Å². The van der Waals surface area contributed by atoms with Crippen LogP contribution in [0.15, 0.2) is 18.3 Å². The quantitative estimate of drug-likeness (QED) is 0.926. The van der Waals surface area contributed by atoms with Crippen LogP contribution in [0.2, 0.25) is 0 Å². The van der Waals surface area contributed by atoms with Gasteiger partial charge in [0.1, 0.15) is 0 Å². The number of rotatable bonds is 3. The molecule has 2 aliphatic carbocycles. The molecule has 0 amide bonds. The minimum Gasteiger partial charge on any atom is -0.389 e. The Hall–Kier alpha value is -0.930. The highest BCUT2D eigenvalue weighted by molar-refractivity contribution is 5.28. The first-order valence-corrected chi connectivity index (χ1v) is 8.33. The number of pyridine rings is 1. The third kappa shape index (κ3) is 2.74. The molecule has 0 bridgehead atoms. The highest BCUT2D eigenvalue weighted by Gasteiger charge is 2.45. The van der Waals surface area contributed by atoms with E-state index in [1.807, 2.05) is 12.3 Å². The van der Waals surface area contributed by atoms with Crippen LogP contribution in [0.4, 0.5) is 0 Å². The van der Waals surface area contributed by atoms with Crippen molar-refractivity contribution in [3.8, 4) is 0 Å². The molecule has 21 heavy (non-hydrogen) atoms. The molecule has 0 aliphatic heterocycles. The van der Waals surface area contributed by atoms with Crippen molar-refractivity contribution in [3.05, 3.63) is 29.6 Å². The van der Waals surface area contributed by atoms with Gasteiger partial charge >= 0.3 is 0 Å². The van der Waals surface area contributed by atoms with Crippen LogP contribution < -0.4 is 0 Å². The molecule has 2 aliphatic rings. The Bertz CT molecular complexity index is 480. The molecule has 3 nitrogen and oxygen atoms in total. The molecule has 1 heterocycles. The maximum atomic E-state index is 11.1. The summed E-state index contributed by atoms with van der Waals surface area (Å²) in [5.74, 6) is 0.876. The highest BCUT2D eigenvalue weighted by atomic mass is 16.5. The first-order chi connectivity index (χ1) is 10.2. The summed E-state index contributed by atoms with van der Waals surface area (Å²) in [6.45, 7) is 2.30. The zero-order chi connectivity index (χ0) is 14.9. The van der Waals surface area contributed by atoms with Crippen molar-refractivity contribution >= 4 is 0 Å². The topological polar surface area (TPSA) is 42.4 Å². The lowest BCUT2D eigenvalue weighted by molar-refractivity contribution is -0.138. The van der Waals surface area contributed by atoms with Crippen molar-refractivity contribution < 1.29 is 9.84 Å². The Balaban J connectivity index is 1.86. The smallest absolute Gasteiger partial charge is 0.0943 e. The fourth-order valence-corrected chi connectivity index (χ4v) is 4.19. The molecule has 3 heteroatoms. The summed E-state index contributed by atoms with van der Waals surface area (Å²) in [6.07, 6.45) is 8.87. The molecule has 3 rings (SSSR count). The van der Waals surface area contributed by atoms with Gasteiger partial charge in [-0.05, 0) is 62.5 Å². The first-order valence-electron chi connectivity index (χ1n) is 8.33. The minimum absolute atomic E-state index is 0.128. The summed E-state index contributed by atoms with van der Waals surface area (Å²) >= 11 is 0. The molecule has 0 aromatic carbocycles. The molecule has 1 aromatic heterocycles. The van der Waals surface area contributed by atoms with Crippen molar-refractivity contribution in [2.75, 3.05) is 7.11 Å². The van der Waals surface area contributed by atoms with E-state index in [1.54, 1.807) is 7.11 Å². The summed E-state index contributed by atoms with van der Waals surface area (Å²) in [5, 5.41) is 11.1. The SMILES string of the molecule is COC1(C(O)C2CCCc3cccnc32)CCC(C)CC1. The second-order valence-corrected chi connectivity index (χ2v) is 6.94. The number of ether oxygens (including phenoxy) is 1. The normalized spacial score (nSPS) is 34.2. The summed E-state index contributed by atoms with van der Waals surface area (Å²) in [7, 11) is 1.77. The van der Waals surface area contributed by atoms with Crippen molar-refractivity contribution in [1.82, 2.24) is 4.98 Å². The third-order valence-electron chi connectivity index (χ3n) is 5.69. The number of hydrogen-bond acceptors (Lipinski definition) is 3. The first kappa shape index (κ1) is 15.0. The largest absolute Gasteiger partial charge is 0.389 e. The zero-order valence-electron chi connectivity index (χ0n) is 13.2. The van der Waals surface area contributed by atoms with Crippen LogP contribution in [0, 0.1) is 5.92 Å². The van der Waals surface area contributed by atoms with Crippen LogP contribution in [0.3, 0.4) is 0 Å². The van der Waals surface area contributed by atoms with Crippen LogP contribution in [0.5, 0.6) is 0 Å². The molecule has 1 saturated carbocycles. The summed E-state index contributed by atoms with van der Waals surface area (Å²) in [6, 6.07) is 4.16. The van der Waals surface area contributed by atoms with E-state index in [0.29, 0.717) is 0 Å². The number of aliphatic hydroxyl groups is 1. The Morgan fingerprint density at radius 2 is 2.10 bits per heavy atom. The number of hydrogen-bond donors (Lipinski definition) is 1. The predicted octanol–water partition coefficient (Wildman–Crippen LogP) is 3.46. The molecular formula is C18H27NO2. The average Bonchev–Trinajstić information content (AvgIpc) is 2.55. The second kappa shape index (κ2) is 6.05. The van der Waals surface area contributed by atoms with Crippen molar-refractivity contribution in [3.63, 3.8) is 0 Å². The number of aryl methyl sites for hydroxylation is 1. The Kier molecular flexibility index (Phi) is 4.32. The molecule has 2 unspecified atom stereocenters. The molecule has 0 radical (unpaired) electrons. The van der Waals surface area contributed by atoms with Crippen LogP contribution in [-0.4, -0.2) is 28.9 Å². The lowest BCUT2D eigenvalue weighted by Crippen LogP contribution is -2.50. The molecular weight excluding hydrogens is 262 g/mol.